The second kappa shape index (κ2) is 7.79. The van der Waals surface area contributed by atoms with Gasteiger partial charge in [-0.05, 0) is 31.4 Å². The zero-order chi connectivity index (χ0) is 16.9. The lowest BCUT2D eigenvalue weighted by Gasteiger charge is -2.29. The van der Waals surface area contributed by atoms with Gasteiger partial charge in [0.2, 0.25) is 0 Å². The molecule has 0 radical (unpaired) electrons. The Bertz CT molecular complexity index is 668. The predicted octanol–water partition coefficient (Wildman–Crippen LogP) is 5.46. The number of hydrogen-bond donors (Lipinski definition) is 2. The minimum atomic E-state index is -0.763. The summed E-state index contributed by atoms with van der Waals surface area (Å²) in [6.07, 6.45) is 2.50. The van der Waals surface area contributed by atoms with Gasteiger partial charge < -0.3 is 10.4 Å². The van der Waals surface area contributed by atoms with Crippen molar-refractivity contribution in [3.8, 4) is 0 Å². The van der Waals surface area contributed by atoms with Gasteiger partial charge in [-0.3, -0.25) is 4.79 Å². The molecule has 1 heterocycles. The molecule has 23 heavy (non-hydrogen) atoms. The van der Waals surface area contributed by atoms with Crippen LogP contribution in [0.25, 0.3) is 0 Å². The van der Waals surface area contributed by atoms with E-state index in [9.17, 15) is 4.79 Å². The molecule has 124 valence electrons. The number of halogens is 1. The third-order valence-electron chi connectivity index (χ3n) is 4.33. The summed E-state index contributed by atoms with van der Waals surface area (Å²) in [5, 5.41) is 15.7. The van der Waals surface area contributed by atoms with E-state index in [1.807, 2.05) is 29.6 Å². The summed E-state index contributed by atoms with van der Waals surface area (Å²) in [4.78, 5) is 15.6. The maximum atomic E-state index is 10.9. The Morgan fingerprint density at radius 2 is 2.04 bits per heavy atom. The van der Waals surface area contributed by atoms with Crippen molar-refractivity contribution in [1.82, 2.24) is 4.98 Å². The predicted molar refractivity (Wildman–Crippen MR) is 96.0 cm³/mol. The summed E-state index contributed by atoms with van der Waals surface area (Å²) >= 11 is 7.68. The molecule has 0 aliphatic rings. The van der Waals surface area contributed by atoms with Crippen LogP contribution in [0.2, 0.25) is 5.02 Å². The van der Waals surface area contributed by atoms with Crippen LogP contribution in [0, 0.1) is 0 Å². The summed E-state index contributed by atoms with van der Waals surface area (Å²) in [6, 6.07) is 7.53. The normalized spacial score (nSPS) is 11.4. The second-order valence-electron chi connectivity index (χ2n) is 5.52. The van der Waals surface area contributed by atoms with Gasteiger partial charge in [-0.1, -0.05) is 37.6 Å². The van der Waals surface area contributed by atoms with E-state index in [1.165, 1.54) is 11.3 Å². The molecule has 1 aromatic heterocycles. The minimum absolute atomic E-state index is 0.159. The van der Waals surface area contributed by atoms with E-state index < -0.39 is 5.97 Å². The lowest BCUT2D eigenvalue weighted by atomic mass is 9.76. The van der Waals surface area contributed by atoms with Gasteiger partial charge in [0, 0.05) is 17.2 Å². The monoisotopic (exact) mass is 352 g/mol. The van der Waals surface area contributed by atoms with E-state index in [1.54, 1.807) is 0 Å². The van der Waals surface area contributed by atoms with Crippen molar-refractivity contribution in [2.75, 3.05) is 5.32 Å². The lowest BCUT2D eigenvalue weighted by molar-refractivity contribution is -0.137. The Morgan fingerprint density at radius 1 is 1.35 bits per heavy atom. The van der Waals surface area contributed by atoms with Crippen LogP contribution in [-0.2, 0) is 10.2 Å². The number of nitrogens with one attached hydrogen (secondary N) is 1. The van der Waals surface area contributed by atoms with Crippen molar-refractivity contribution >= 4 is 39.7 Å². The van der Waals surface area contributed by atoms with Gasteiger partial charge in [-0.15, -0.1) is 11.3 Å². The first-order valence-electron chi connectivity index (χ1n) is 7.70. The molecule has 0 aliphatic heterocycles. The maximum Gasteiger partial charge on any atom is 0.303 e. The number of aromatic nitrogens is 1. The highest BCUT2D eigenvalue weighted by Crippen LogP contribution is 2.38. The van der Waals surface area contributed by atoms with Gasteiger partial charge in [-0.25, -0.2) is 4.98 Å². The molecule has 2 N–H and O–H groups in total. The van der Waals surface area contributed by atoms with Crippen molar-refractivity contribution in [3.63, 3.8) is 0 Å². The molecule has 0 spiro atoms. The van der Waals surface area contributed by atoms with E-state index in [-0.39, 0.29) is 11.8 Å². The molecule has 0 saturated heterocycles. The highest BCUT2D eigenvalue weighted by atomic mass is 35.5. The van der Waals surface area contributed by atoms with Crippen LogP contribution in [-0.4, -0.2) is 16.1 Å². The standard InChI is InChI=1S/C17H21ClN2O2S/c1-3-17(4-2,10-9-15(21)22)14-11-23-16(20-14)19-13-8-6-5-7-12(13)18/h5-8,11H,3-4,9-10H2,1-2H3,(H,19,20)(H,21,22). The van der Waals surface area contributed by atoms with Crippen molar-refractivity contribution in [2.45, 2.75) is 44.9 Å². The van der Waals surface area contributed by atoms with Crippen LogP contribution in [0.3, 0.4) is 0 Å². The first-order chi connectivity index (χ1) is 11.0. The van der Waals surface area contributed by atoms with E-state index in [0.717, 1.165) is 29.4 Å². The Morgan fingerprint density at radius 3 is 2.65 bits per heavy atom. The maximum absolute atomic E-state index is 10.9. The number of hydrogen-bond acceptors (Lipinski definition) is 4. The first kappa shape index (κ1) is 17.8. The summed E-state index contributed by atoms with van der Waals surface area (Å²) in [5.41, 5.74) is 1.59. The quantitative estimate of drug-likeness (QED) is 0.661. The number of benzene rings is 1. The number of carboxylic acids is 1. The fourth-order valence-corrected chi connectivity index (χ4v) is 3.72. The van der Waals surface area contributed by atoms with Crippen LogP contribution >= 0.6 is 22.9 Å². The Kier molecular flexibility index (Phi) is 6.02. The average molecular weight is 353 g/mol. The Balaban J connectivity index is 2.21. The SMILES string of the molecule is CCC(CC)(CCC(=O)O)c1csc(Nc2ccccc2Cl)n1. The number of anilines is 2. The van der Waals surface area contributed by atoms with Gasteiger partial charge in [-0.2, -0.15) is 0 Å². The molecule has 0 amide bonds. The number of thiazole rings is 1. The van der Waals surface area contributed by atoms with E-state index in [4.69, 9.17) is 21.7 Å². The van der Waals surface area contributed by atoms with Crippen molar-refractivity contribution in [1.29, 1.82) is 0 Å². The number of carboxylic acid groups (broad SMARTS) is 1. The first-order valence-corrected chi connectivity index (χ1v) is 8.96. The lowest BCUT2D eigenvalue weighted by Crippen LogP contribution is -2.26. The number of carbonyl (C=O) groups is 1. The van der Waals surface area contributed by atoms with E-state index >= 15 is 0 Å². The number of rotatable bonds is 8. The van der Waals surface area contributed by atoms with Crippen LogP contribution in [0.4, 0.5) is 10.8 Å². The Hall–Kier alpha value is -1.59. The van der Waals surface area contributed by atoms with Crippen LogP contribution < -0.4 is 5.32 Å². The fourth-order valence-electron chi connectivity index (χ4n) is 2.69. The molecule has 0 aliphatic carbocycles. The minimum Gasteiger partial charge on any atom is -0.481 e. The Labute approximate surface area is 145 Å². The molecule has 0 fully saturated rings. The summed E-state index contributed by atoms with van der Waals surface area (Å²) in [7, 11) is 0. The van der Waals surface area contributed by atoms with Gasteiger partial charge in [0.15, 0.2) is 5.13 Å². The highest BCUT2D eigenvalue weighted by Gasteiger charge is 2.31. The van der Waals surface area contributed by atoms with Crippen molar-refractivity contribution < 1.29 is 9.90 Å². The topological polar surface area (TPSA) is 62.2 Å². The summed E-state index contributed by atoms with van der Waals surface area (Å²) in [6.45, 7) is 4.18. The van der Waals surface area contributed by atoms with Gasteiger partial charge in [0.05, 0.1) is 16.4 Å². The van der Waals surface area contributed by atoms with Gasteiger partial charge >= 0.3 is 5.97 Å². The van der Waals surface area contributed by atoms with Crippen LogP contribution in [0.15, 0.2) is 29.6 Å². The summed E-state index contributed by atoms with van der Waals surface area (Å²) < 4.78 is 0. The van der Waals surface area contributed by atoms with Gasteiger partial charge in [0.25, 0.3) is 0 Å². The molecule has 1 aromatic carbocycles. The number of nitrogens with zero attached hydrogens (tertiary/aromatic N) is 1. The third-order valence-corrected chi connectivity index (χ3v) is 5.42. The zero-order valence-electron chi connectivity index (χ0n) is 13.3. The van der Waals surface area contributed by atoms with E-state index in [2.05, 4.69) is 19.2 Å². The molecular formula is C17H21ClN2O2S. The largest absolute Gasteiger partial charge is 0.481 e. The molecule has 0 atom stereocenters. The number of aliphatic carboxylic acids is 1. The molecule has 2 aromatic rings. The second-order valence-corrected chi connectivity index (χ2v) is 6.79. The third kappa shape index (κ3) is 4.24. The average Bonchev–Trinajstić information content (AvgIpc) is 3.00. The molecule has 6 heteroatoms. The molecule has 2 rings (SSSR count). The molecule has 0 unspecified atom stereocenters. The molecule has 0 saturated carbocycles. The fraction of sp³-hybridized carbons (Fsp3) is 0.412. The number of para-hydroxylation sites is 1. The van der Waals surface area contributed by atoms with E-state index in [0.29, 0.717) is 11.4 Å². The molecular weight excluding hydrogens is 332 g/mol. The summed E-state index contributed by atoms with van der Waals surface area (Å²) in [5.74, 6) is -0.763. The zero-order valence-corrected chi connectivity index (χ0v) is 14.9. The highest BCUT2D eigenvalue weighted by molar-refractivity contribution is 7.13. The smallest absolute Gasteiger partial charge is 0.303 e. The van der Waals surface area contributed by atoms with Crippen molar-refractivity contribution in [2.24, 2.45) is 0 Å². The van der Waals surface area contributed by atoms with Gasteiger partial charge in [0.1, 0.15) is 0 Å². The molecule has 0 bridgehead atoms. The van der Waals surface area contributed by atoms with Crippen LogP contribution in [0.5, 0.6) is 0 Å². The van der Waals surface area contributed by atoms with Crippen molar-refractivity contribution in [3.05, 3.63) is 40.4 Å². The molecule has 4 nitrogen and oxygen atoms in total. The van der Waals surface area contributed by atoms with Crippen LogP contribution in [0.1, 0.15) is 45.2 Å².